The topological polar surface area (TPSA) is 110 Å². The molecule has 1 heterocycles. The van der Waals surface area contributed by atoms with Crippen molar-refractivity contribution in [1.82, 2.24) is 4.90 Å². The van der Waals surface area contributed by atoms with Gasteiger partial charge in [0.25, 0.3) is 0 Å². The predicted octanol–water partition coefficient (Wildman–Crippen LogP) is 12.8. The van der Waals surface area contributed by atoms with Crippen LogP contribution in [0.25, 0.3) is 0 Å². The van der Waals surface area contributed by atoms with E-state index in [1.54, 1.807) is 0 Å². The largest absolute Gasteiger partial charge is 0.508 e. The molecule has 0 aliphatic carbocycles. The number of carbonyl (C=O) groups is 3. The quantitative estimate of drug-likeness (QED) is 0.0194. The second-order valence-corrected chi connectivity index (χ2v) is 16.5. The molecule has 61 heavy (non-hydrogen) atoms. The number of hydrogen-bond donors (Lipinski definition) is 0. The first-order valence-electron chi connectivity index (χ1n) is 24.6. The highest BCUT2D eigenvalue weighted by Gasteiger charge is 2.22. The fourth-order valence-corrected chi connectivity index (χ4v) is 6.88. The molecule has 1 aliphatic rings. The molecule has 2 unspecified atom stereocenters. The van der Waals surface area contributed by atoms with Crippen LogP contribution in [0.4, 0.5) is 4.79 Å². The normalized spacial score (nSPS) is 15.5. The summed E-state index contributed by atoms with van der Waals surface area (Å²) in [4.78, 5) is 40.6. The van der Waals surface area contributed by atoms with Crippen LogP contribution in [0.1, 0.15) is 182 Å². The molecule has 0 aromatic carbocycles. The first-order chi connectivity index (χ1) is 29.9. The summed E-state index contributed by atoms with van der Waals surface area (Å²) in [6.45, 7) is 12.8. The van der Waals surface area contributed by atoms with Gasteiger partial charge in [-0.1, -0.05) is 134 Å². The van der Waals surface area contributed by atoms with Crippen molar-refractivity contribution in [2.45, 2.75) is 188 Å². The Morgan fingerprint density at radius 2 is 1.10 bits per heavy atom. The summed E-state index contributed by atoms with van der Waals surface area (Å²) in [6, 6.07) is 0. The molecular weight excluding hydrogens is 771 g/mol. The maximum atomic E-state index is 13.0. The lowest BCUT2D eigenvalue weighted by Crippen LogP contribution is -2.37. The van der Waals surface area contributed by atoms with Crippen molar-refractivity contribution >= 4 is 18.1 Å². The van der Waals surface area contributed by atoms with Crippen molar-refractivity contribution in [3.63, 3.8) is 0 Å². The van der Waals surface area contributed by atoms with E-state index in [1.807, 2.05) is 0 Å². The molecule has 0 amide bonds. The van der Waals surface area contributed by atoms with E-state index in [4.69, 9.17) is 28.4 Å². The first kappa shape index (κ1) is 56.1. The van der Waals surface area contributed by atoms with Crippen molar-refractivity contribution < 1.29 is 42.8 Å². The Kier molecular flexibility index (Phi) is 38.9. The van der Waals surface area contributed by atoms with Gasteiger partial charge in [0.15, 0.2) is 6.29 Å². The summed E-state index contributed by atoms with van der Waals surface area (Å²) in [5.41, 5.74) is 0. The number of allylic oxidation sites excluding steroid dienone is 6. The highest BCUT2D eigenvalue weighted by molar-refractivity contribution is 5.69. The van der Waals surface area contributed by atoms with E-state index in [2.05, 4.69) is 81.2 Å². The van der Waals surface area contributed by atoms with Crippen molar-refractivity contribution in [3.05, 3.63) is 48.6 Å². The van der Waals surface area contributed by atoms with Gasteiger partial charge < -0.3 is 33.3 Å². The molecule has 0 saturated carbocycles. The van der Waals surface area contributed by atoms with Crippen LogP contribution in [0, 0.1) is 11.8 Å². The lowest BCUT2D eigenvalue weighted by molar-refractivity contribution is -0.160. The number of hydrogen-bond acceptors (Lipinski definition) is 10. The maximum absolute atomic E-state index is 13.0. The van der Waals surface area contributed by atoms with E-state index in [-0.39, 0.29) is 38.1 Å². The molecule has 0 bridgehead atoms. The van der Waals surface area contributed by atoms with Gasteiger partial charge in [-0.3, -0.25) is 9.59 Å². The van der Waals surface area contributed by atoms with Gasteiger partial charge in [0.2, 0.25) is 0 Å². The second-order valence-electron chi connectivity index (χ2n) is 16.5. The summed E-state index contributed by atoms with van der Waals surface area (Å²) >= 11 is 0. The molecule has 1 rings (SSSR count). The highest BCUT2D eigenvalue weighted by atomic mass is 16.7. The Labute approximate surface area is 372 Å². The second kappa shape index (κ2) is 42.4. The number of esters is 2. The van der Waals surface area contributed by atoms with Crippen molar-refractivity contribution in [2.24, 2.45) is 11.8 Å². The molecule has 10 nitrogen and oxygen atoms in total. The predicted molar refractivity (Wildman–Crippen MR) is 248 cm³/mol. The Bertz CT molecular complexity index is 1140. The van der Waals surface area contributed by atoms with Gasteiger partial charge in [0.05, 0.1) is 32.2 Å². The molecule has 0 N–H and O–H groups in total. The zero-order valence-corrected chi connectivity index (χ0v) is 39.3. The number of carbonyl (C=O) groups excluding carboxylic acids is 3. The summed E-state index contributed by atoms with van der Waals surface area (Å²) in [5.74, 6) is -0.982. The minimum Gasteiger partial charge on any atom is -0.465 e. The Hall–Kier alpha value is -2.95. The van der Waals surface area contributed by atoms with E-state index in [0.29, 0.717) is 32.7 Å². The number of ether oxygens (including phenoxy) is 6. The summed E-state index contributed by atoms with van der Waals surface area (Å²) < 4.78 is 34.2. The summed E-state index contributed by atoms with van der Waals surface area (Å²) in [7, 11) is 0. The molecule has 1 fully saturated rings. The third-order valence-electron chi connectivity index (χ3n) is 10.8. The zero-order valence-electron chi connectivity index (χ0n) is 39.3. The average molecular weight is 860 g/mol. The maximum Gasteiger partial charge on any atom is 0.508 e. The number of unbranched alkanes of at least 4 members (excludes halogenated alkanes) is 12. The highest BCUT2D eigenvalue weighted by Crippen LogP contribution is 2.17. The minimum atomic E-state index is -0.765. The van der Waals surface area contributed by atoms with Crippen LogP contribution in [-0.2, 0) is 38.0 Å². The summed E-state index contributed by atoms with van der Waals surface area (Å²) in [6.07, 6.45) is 39.8. The lowest BCUT2D eigenvalue weighted by atomic mass is 9.99. The molecule has 2 atom stereocenters. The molecule has 352 valence electrons. The Morgan fingerprint density at radius 1 is 0.574 bits per heavy atom. The van der Waals surface area contributed by atoms with Crippen LogP contribution in [0.5, 0.6) is 0 Å². The molecule has 10 heteroatoms. The monoisotopic (exact) mass is 860 g/mol. The summed E-state index contributed by atoms with van der Waals surface area (Å²) in [5, 5.41) is 0. The number of rotatable bonds is 40. The van der Waals surface area contributed by atoms with Crippen molar-refractivity contribution in [3.8, 4) is 0 Å². The van der Waals surface area contributed by atoms with E-state index >= 15 is 0 Å². The van der Waals surface area contributed by atoms with Gasteiger partial charge in [-0.05, 0) is 90.1 Å². The molecular formula is C51H89NO9. The Morgan fingerprint density at radius 3 is 1.72 bits per heavy atom. The van der Waals surface area contributed by atoms with Gasteiger partial charge >= 0.3 is 18.1 Å². The van der Waals surface area contributed by atoms with Gasteiger partial charge in [-0.2, -0.15) is 0 Å². The number of nitrogens with zero attached hydrogens (tertiary/aromatic N) is 1. The van der Waals surface area contributed by atoms with E-state index in [9.17, 15) is 14.4 Å². The van der Waals surface area contributed by atoms with E-state index in [1.165, 1.54) is 51.4 Å². The molecule has 0 aromatic heterocycles. The SMILES string of the molecule is CCCC/C=C\CCOC(CCC(=O)OCC(COC(=O)CCCCCCC/C=C\C/C=C\CCCCC)COC(=O)OCC1CCCN(CC)C1)OCC/C=C\CCCC. The van der Waals surface area contributed by atoms with Crippen molar-refractivity contribution in [2.75, 3.05) is 59.3 Å². The van der Waals surface area contributed by atoms with E-state index < -0.39 is 24.3 Å². The minimum absolute atomic E-state index is 0.0276. The van der Waals surface area contributed by atoms with Gasteiger partial charge in [-0.25, -0.2) is 4.79 Å². The van der Waals surface area contributed by atoms with Crippen LogP contribution in [0.15, 0.2) is 48.6 Å². The van der Waals surface area contributed by atoms with Crippen LogP contribution >= 0.6 is 0 Å². The third-order valence-corrected chi connectivity index (χ3v) is 10.8. The van der Waals surface area contributed by atoms with Crippen LogP contribution in [0.2, 0.25) is 0 Å². The van der Waals surface area contributed by atoms with Crippen LogP contribution in [0.3, 0.4) is 0 Å². The van der Waals surface area contributed by atoms with E-state index in [0.717, 1.165) is 103 Å². The molecule has 1 saturated heterocycles. The van der Waals surface area contributed by atoms with Crippen molar-refractivity contribution in [1.29, 1.82) is 0 Å². The Balaban J connectivity index is 2.57. The fourth-order valence-electron chi connectivity index (χ4n) is 6.88. The number of likely N-dealkylation sites (tertiary alicyclic amines) is 1. The lowest BCUT2D eigenvalue weighted by Gasteiger charge is -2.31. The smallest absolute Gasteiger partial charge is 0.465 e. The zero-order chi connectivity index (χ0) is 44.3. The fraction of sp³-hybridized carbons (Fsp3) is 0.784. The first-order valence-corrected chi connectivity index (χ1v) is 24.6. The van der Waals surface area contributed by atoms with Gasteiger partial charge in [0, 0.05) is 25.3 Å². The standard InChI is InChI=1S/C51H89NO9/c1-5-9-12-15-18-19-20-21-22-23-24-25-26-27-30-35-48(53)58-43-47(45-61-51(55)60-42-46-34-33-38-52(8-4)41-46)44-59-49(54)36-37-50(56-39-31-28-16-13-10-6-2)57-40-32-29-17-14-11-7-3/h16-19,21-22,28-29,46-47,50H,5-15,20,23-27,30-45H2,1-4H3/b19-18-,22-21-,28-16-,29-17-. The molecule has 0 aromatic rings. The molecule has 1 aliphatic heterocycles. The van der Waals surface area contributed by atoms with Crippen LogP contribution < -0.4 is 0 Å². The van der Waals surface area contributed by atoms with Crippen LogP contribution in [-0.4, -0.2) is 88.6 Å². The van der Waals surface area contributed by atoms with Gasteiger partial charge in [-0.15, -0.1) is 0 Å². The molecule has 0 radical (unpaired) electrons. The third kappa shape index (κ3) is 36.3. The number of piperidine rings is 1. The average Bonchev–Trinajstić information content (AvgIpc) is 3.27. The molecule has 0 spiro atoms. The van der Waals surface area contributed by atoms with Gasteiger partial charge in [0.1, 0.15) is 19.8 Å².